The summed E-state index contributed by atoms with van der Waals surface area (Å²) in [6.07, 6.45) is 4.65. The summed E-state index contributed by atoms with van der Waals surface area (Å²) in [6.45, 7) is 9.19. The Morgan fingerprint density at radius 1 is 0.935 bits per heavy atom. The summed E-state index contributed by atoms with van der Waals surface area (Å²) in [5.74, 6) is 0.979. The van der Waals surface area contributed by atoms with Crippen molar-refractivity contribution in [1.82, 2.24) is 0 Å². The molecule has 0 spiro atoms. The molecule has 0 aromatic heterocycles. The van der Waals surface area contributed by atoms with E-state index < -0.39 is 7.92 Å². The van der Waals surface area contributed by atoms with Crippen LogP contribution < -0.4 is 15.3 Å². The molecule has 0 radical (unpaired) electrons. The minimum absolute atomic E-state index is 0.0367. The monoisotopic (exact) mass is 430 g/mol. The Bertz CT molecular complexity index is 1080. The van der Waals surface area contributed by atoms with Crippen LogP contribution in [0, 0.1) is 6.92 Å². The normalized spacial score (nSPS) is 16.2. The lowest BCUT2D eigenvalue weighted by Gasteiger charge is -2.31. The second kappa shape index (κ2) is 8.99. The molecule has 1 aliphatic carbocycles. The van der Waals surface area contributed by atoms with Gasteiger partial charge < -0.3 is 9.47 Å². The van der Waals surface area contributed by atoms with Crippen LogP contribution in [0.4, 0.5) is 0 Å². The van der Waals surface area contributed by atoms with Crippen molar-refractivity contribution in [2.45, 2.75) is 38.8 Å². The average molecular weight is 431 g/mol. The van der Waals surface area contributed by atoms with E-state index in [-0.39, 0.29) is 12.2 Å². The molecule has 0 fully saturated rings. The minimum Gasteiger partial charge on any atom is -0.467 e. The Balaban J connectivity index is 1.96. The molecular formula is C28H31O2P. The number of hydrogen-bond donors (Lipinski definition) is 0. The van der Waals surface area contributed by atoms with Crippen LogP contribution in [0.3, 0.4) is 0 Å². The van der Waals surface area contributed by atoms with Gasteiger partial charge in [0, 0.05) is 23.6 Å². The van der Waals surface area contributed by atoms with E-state index >= 15 is 0 Å². The van der Waals surface area contributed by atoms with Gasteiger partial charge in [-0.15, -0.1) is 0 Å². The van der Waals surface area contributed by atoms with Gasteiger partial charge >= 0.3 is 0 Å². The molecule has 4 rings (SSSR count). The number of methoxy groups -OCH3 is 1. The fraction of sp³-hybridized carbons (Fsp3) is 0.286. The van der Waals surface area contributed by atoms with E-state index in [0.29, 0.717) is 5.66 Å². The maximum absolute atomic E-state index is 6.32. The molecule has 2 unspecified atom stereocenters. The van der Waals surface area contributed by atoms with Crippen molar-refractivity contribution in [3.05, 3.63) is 95.1 Å². The van der Waals surface area contributed by atoms with Crippen LogP contribution in [-0.2, 0) is 10.2 Å². The van der Waals surface area contributed by atoms with Crippen molar-refractivity contribution in [3.63, 3.8) is 0 Å². The molecule has 160 valence electrons. The van der Waals surface area contributed by atoms with Gasteiger partial charge in [-0.2, -0.15) is 0 Å². The van der Waals surface area contributed by atoms with Gasteiger partial charge in [-0.05, 0) is 48.3 Å². The van der Waals surface area contributed by atoms with Gasteiger partial charge in [0.05, 0.1) is 0 Å². The van der Waals surface area contributed by atoms with E-state index in [1.54, 1.807) is 7.11 Å². The van der Waals surface area contributed by atoms with E-state index in [9.17, 15) is 0 Å². The van der Waals surface area contributed by atoms with Crippen LogP contribution in [-0.4, -0.2) is 13.9 Å². The summed E-state index contributed by atoms with van der Waals surface area (Å²) < 4.78 is 11.7. The molecule has 3 aromatic carbocycles. The standard InChI is InChI=1S/C28H31O2P/c1-20-17-24(28(2,3)4)27(30-19-29-5)26(18-20)31(22-12-7-6-8-13-22)25-16-15-21-11-9-10-14-23(21)25/h6-18,25H,19H2,1-5H3. The van der Waals surface area contributed by atoms with Gasteiger partial charge in [0.25, 0.3) is 0 Å². The molecule has 2 nitrogen and oxygen atoms in total. The SMILES string of the molecule is COCOc1c(P(c2ccccc2)C2C=Cc3ccccc32)cc(C)cc1C(C)(C)C. The van der Waals surface area contributed by atoms with Gasteiger partial charge in [-0.25, -0.2) is 0 Å². The molecule has 0 bridgehead atoms. The molecule has 31 heavy (non-hydrogen) atoms. The maximum atomic E-state index is 6.32. The highest BCUT2D eigenvalue weighted by atomic mass is 31.1. The zero-order valence-corrected chi connectivity index (χ0v) is 19.9. The fourth-order valence-electron chi connectivity index (χ4n) is 4.25. The lowest BCUT2D eigenvalue weighted by molar-refractivity contribution is 0.0506. The number of aryl methyl sites for hydroxylation is 1. The number of ether oxygens (including phenoxy) is 2. The van der Waals surface area contributed by atoms with Crippen molar-refractivity contribution in [3.8, 4) is 5.75 Å². The first-order chi connectivity index (χ1) is 14.9. The first kappa shape index (κ1) is 21.8. The Labute approximate surface area is 187 Å². The fourth-order valence-corrected chi connectivity index (χ4v) is 7.16. The average Bonchev–Trinajstić information content (AvgIpc) is 3.17. The lowest BCUT2D eigenvalue weighted by atomic mass is 9.85. The van der Waals surface area contributed by atoms with Crippen LogP contribution >= 0.6 is 7.92 Å². The highest BCUT2D eigenvalue weighted by molar-refractivity contribution is 7.73. The topological polar surface area (TPSA) is 18.5 Å². The predicted octanol–water partition coefficient (Wildman–Crippen LogP) is 6.48. The quantitative estimate of drug-likeness (QED) is 0.329. The van der Waals surface area contributed by atoms with Crippen LogP contribution in [0.15, 0.2) is 72.8 Å². The first-order valence-electron chi connectivity index (χ1n) is 10.8. The number of fused-ring (bicyclic) bond motifs is 1. The lowest BCUT2D eigenvalue weighted by Crippen LogP contribution is -2.24. The van der Waals surface area contributed by atoms with Gasteiger partial charge in [-0.3, -0.25) is 0 Å². The third kappa shape index (κ3) is 4.47. The Hall–Kier alpha value is -2.41. The summed E-state index contributed by atoms with van der Waals surface area (Å²) in [7, 11) is 0.958. The largest absolute Gasteiger partial charge is 0.467 e. The van der Waals surface area contributed by atoms with Gasteiger partial charge in [-0.1, -0.05) is 93.6 Å². The molecule has 0 heterocycles. The van der Waals surface area contributed by atoms with E-state index in [1.165, 1.54) is 32.9 Å². The van der Waals surface area contributed by atoms with E-state index in [2.05, 4.69) is 107 Å². The maximum Gasteiger partial charge on any atom is 0.188 e. The molecule has 3 heteroatoms. The Kier molecular flexibility index (Phi) is 6.32. The zero-order valence-electron chi connectivity index (χ0n) is 19.1. The molecule has 0 N–H and O–H groups in total. The van der Waals surface area contributed by atoms with Gasteiger partial charge in [0.1, 0.15) is 5.75 Å². The molecule has 2 atom stereocenters. The van der Waals surface area contributed by atoms with Crippen molar-refractivity contribution in [1.29, 1.82) is 0 Å². The molecule has 1 aliphatic rings. The Morgan fingerprint density at radius 2 is 1.65 bits per heavy atom. The van der Waals surface area contributed by atoms with Crippen LogP contribution in [0.5, 0.6) is 5.75 Å². The van der Waals surface area contributed by atoms with Crippen molar-refractivity contribution in [2.75, 3.05) is 13.9 Å². The summed E-state index contributed by atoms with van der Waals surface area (Å²) in [5.41, 5.74) is 5.49. The zero-order chi connectivity index (χ0) is 22.0. The summed E-state index contributed by atoms with van der Waals surface area (Å²) in [6, 6.07) is 24.3. The smallest absolute Gasteiger partial charge is 0.188 e. The highest BCUT2D eigenvalue weighted by Gasteiger charge is 2.33. The van der Waals surface area contributed by atoms with Crippen molar-refractivity contribution >= 4 is 24.6 Å². The Morgan fingerprint density at radius 3 is 2.35 bits per heavy atom. The van der Waals surface area contributed by atoms with Gasteiger partial charge in [0.15, 0.2) is 6.79 Å². The third-order valence-corrected chi connectivity index (χ3v) is 8.40. The number of allylic oxidation sites excluding steroid dienone is 1. The van der Waals surface area contributed by atoms with Crippen LogP contribution in [0.2, 0.25) is 0 Å². The summed E-state index contributed by atoms with van der Waals surface area (Å²) >= 11 is 0. The number of hydrogen-bond acceptors (Lipinski definition) is 2. The summed E-state index contributed by atoms with van der Waals surface area (Å²) in [4.78, 5) is 0. The second-order valence-corrected chi connectivity index (χ2v) is 11.4. The number of benzene rings is 3. The minimum atomic E-state index is -0.723. The second-order valence-electron chi connectivity index (χ2n) is 9.10. The van der Waals surface area contributed by atoms with Crippen LogP contribution in [0.25, 0.3) is 6.08 Å². The molecule has 0 saturated heterocycles. The van der Waals surface area contributed by atoms with E-state index in [1.807, 2.05) is 0 Å². The molecule has 0 saturated carbocycles. The van der Waals surface area contributed by atoms with Crippen molar-refractivity contribution < 1.29 is 9.47 Å². The van der Waals surface area contributed by atoms with Gasteiger partial charge in [0.2, 0.25) is 0 Å². The molecule has 0 aliphatic heterocycles. The first-order valence-corrected chi connectivity index (χ1v) is 12.2. The molecule has 0 amide bonds. The molecule has 3 aromatic rings. The predicted molar refractivity (Wildman–Crippen MR) is 133 cm³/mol. The number of rotatable bonds is 6. The third-order valence-electron chi connectivity index (χ3n) is 5.69. The van der Waals surface area contributed by atoms with E-state index in [0.717, 1.165) is 5.75 Å². The van der Waals surface area contributed by atoms with E-state index in [4.69, 9.17) is 9.47 Å². The summed E-state index contributed by atoms with van der Waals surface area (Å²) in [5, 5.41) is 2.64. The van der Waals surface area contributed by atoms with Crippen LogP contribution in [0.1, 0.15) is 48.7 Å². The molecular weight excluding hydrogens is 399 g/mol. The van der Waals surface area contributed by atoms with Crippen molar-refractivity contribution in [2.24, 2.45) is 0 Å². The highest BCUT2D eigenvalue weighted by Crippen LogP contribution is 2.56.